The fraction of sp³-hybridized carbons (Fsp3) is 0.817. The Morgan fingerprint density at radius 2 is 0.783 bits per heavy atom. The van der Waals surface area contributed by atoms with Crippen LogP contribution in [0.4, 0.5) is 0 Å². The quantitative estimate of drug-likeness (QED) is 0.0211. The molecule has 0 saturated carbocycles. The number of carbonyl (C=O) groups excluding carboxylic acids is 2. The summed E-state index contributed by atoms with van der Waals surface area (Å²) in [5.74, 6) is -2.01. The van der Waals surface area contributed by atoms with Gasteiger partial charge in [0.2, 0.25) is 0 Å². The molecule has 0 rings (SSSR count). The van der Waals surface area contributed by atoms with E-state index in [-0.39, 0.29) is 38.6 Å². The average molecular weight is 974 g/mol. The van der Waals surface area contributed by atoms with Crippen LogP contribution in [0.25, 0.3) is 0 Å². The van der Waals surface area contributed by atoms with Crippen molar-refractivity contribution in [2.24, 2.45) is 0 Å². The molecule has 0 fully saturated rings. The summed E-state index contributed by atoms with van der Waals surface area (Å²) in [6, 6.07) is 0. The molecule has 0 aliphatic rings. The number of rotatable bonds is 53. The van der Waals surface area contributed by atoms with E-state index in [0.29, 0.717) is 11.0 Å². The van der Waals surface area contributed by atoms with Crippen molar-refractivity contribution in [2.45, 2.75) is 270 Å². The first-order valence-corrected chi connectivity index (χ1v) is 28.8. The number of carboxylic acids is 1. The Labute approximate surface area is 425 Å². The Kier molecular flexibility index (Phi) is 49.5. The molecule has 9 nitrogen and oxygen atoms in total. The SMILES string of the molecule is CCCCC/C=C\C/C=C\CCCCCCCC(=O)OCC(COC(OCC[N+](C)(C)C)C(=O)O)OC(=O)CCCCCCCCCCCCCCCCCCC/C=C\C/C=C\CCCCCCC. The van der Waals surface area contributed by atoms with Crippen molar-refractivity contribution in [3.8, 4) is 0 Å². The number of hydrogen-bond donors (Lipinski definition) is 1. The van der Waals surface area contributed by atoms with Gasteiger partial charge in [-0.3, -0.25) is 9.59 Å². The molecule has 0 spiro atoms. The van der Waals surface area contributed by atoms with E-state index in [0.717, 1.165) is 70.6 Å². The van der Waals surface area contributed by atoms with Crippen LogP contribution in [0.5, 0.6) is 0 Å². The number of likely N-dealkylation sites (N-methyl/N-ethyl adjacent to an activating group) is 1. The van der Waals surface area contributed by atoms with Crippen molar-refractivity contribution >= 4 is 17.9 Å². The van der Waals surface area contributed by atoms with Crippen LogP contribution < -0.4 is 0 Å². The molecule has 69 heavy (non-hydrogen) atoms. The zero-order valence-corrected chi connectivity index (χ0v) is 45.7. The molecular formula is C60H110NO8+. The van der Waals surface area contributed by atoms with Gasteiger partial charge in [-0.25, -0.2) is 4.79 Å². The first kappa shape index (κ1) is 66.2. The van der Waals surface area contributed by atoms with Crippen LogP contribution in [-0.2, 0) is 33.3 Å². The molecule has 0 saturated heterocycles. The van der Waals surface area contributed by atoms with Crippen LogP contribution in [0.15, 0.2) is 48.6 Å². The minimum absolute atomic E-state index is 0.185. The van der Waals surface area contributed by atoms with Gasteiger partial charge in [-0.15, -0.1) is 0 Å². The molecule has 0 bridgehead atoms. The van der Waals surface area contributed by atoms with Crippen LogP contribution in [0.1, 0.15) is 258 Å². The lowest BCUT2D eigenvalue weighted by molar-refractivity contribution is -0.870. The number of carbonyl (C=O) groups is 3. The Hall–Kier alpha value is -2.75. The third kappa shape index (κ3) is 52.9. The van der Waals surface area contributed by atoms with E-state index < -0.39 is 24.3 Å². The molecule has 0 radical (unpaired) electrons. The molecule has 0 aliphatic heterocycles. The first-order chi connectivity index (χ1) is 33.6. The van der Waals surface area contributed by atoms with Gasteiger partial charge in [0.05, 0.1) is 34.4 Å². The van der Waals surface area contributed by atoms with Crippen LogP contribution in [0, 0.1) is 0 Å². The van der Waals surface area contributed by atoms with Gasteiger partial charge < -0.3 is 28.5 Å². The Balaban J connectivity index is 4.17. The molecule has 2 unspecified atom stereocenters. The first-order valence-electron chi connectivity index (χ1n) is 28.8. The van der Waals surface area contributed by atoms with E-state index in [4.69, 9.17) is 18.9 Å². The maximum Gasteiger partial charge on any atom is 0.361 e. The van der Waals surface area contributed by atoms with Gasteiger partial charge in [-0.1, -0.05) is 217 Å². The summed E-state index contributed by atoms with van der Waals surface area (Å²) in [6.07, 6.45) is 60.5. The summed E-state index contributed by atoms with van der Waals surface area (Å²) >= 11 is 0. The van der Waals surface area contributed by atoms with Crippen molar-refractivity contribution in [1.82, 2.24) is 0 Å². The number of esters is 2. The second-order valence-corrected chi connectivity index (χ2v) is 20.6. The molecule has 0 amide bonds. The molecule has 0 heterocycles. The monoisotopic (exact) mass is 973 g/mol. The fourth-order valence-electron chi connectivity index (χ4n) is 8.07. The third-order valence-electron chi connectivity index (χ3n) is 12.6. The second kappa shape index (κ2) is 51.6. The van der Waals surface area contributed by atoms with Crippen molar-refractivity contribution in [1.29, 1.82) is 0 Å². The zero-order valence-electron chi connectivity index (χ0n) is 45.7. The Morgan fingerprint density at radius 1 is 0.435 bits per heavy atom. The van der Waals surface area contributed by atoms with Crippen LogP contribution in [-0.4, -0.2) is 87.4 Å². The molecule has 9 heteroatoms. The summed E-state index contributed by atoms with van der Waals surface area (Å²) in [4.78, 5) is 37.3. The Morgan fingerprint density at radius 3 is 1.17 bits per heavy atom. The maximum atomic E-state index is 12.9. The van der Waals surface area contributed by atoms with E-state index in [1.165, 1.54) is 161 Å². The number of quaternary nitrogens is 1. The average Bonchev–Trinajstić information content (AvgIpc) is 3.31. The standard InChI is InChI=1S/C60H109NO8/c1-6-8-10-12-14-16-18-20-22-23-24-25-26-27-28-29-30-31-32-33-34-35-37-39-41-43-45-47-49-51-58(63)69-56(55-68-60(59(64)65)66-53-52-61(3,4)5)54-67-57(62)50-48-46-44-42-40-38-36-21-19-17-15-13-11-9-7-2/h15,17-18,20-21,23-24,36,56,60H,6-14,16,19,22,25-35,37-55H2,1-5H3/p+1/b17-15-,20-18-,24-23-,36-21-. The minimum Gasteiger partial charge on any atom is -0.477 e. The number of hydrogen-bond acceptors (Lipinski definition) is 7. The molecule has 0 aromatic carbocycles. The van der Waals surface area contributed by atoms with Gasteiger partial charge in [-0.05, 0) is 77.0 Å². The van der Waals surface area contributed by atoms with Gasteiger partial charge in [0, 0.05) is 12.8 Å². The van der Waals surface area contributed by atoms with Gasteiger partial charge in [-0.2, -0.15) is 0 Å². The Bertz CT molecular complexity index is 1270. The van der Waals surface area contributed by atoms with Crippen molar-refractivity contribution in [3.05, 3.63) is 48.6 Å². The van der Waals surface area contributed by atoms with Gasteiger partial charge >= 0.3 is 17.9 Å². The topological polar surface area (TPSA) is 108 Å². The molecule has 2 atom stereocenters. The molecule has 1 N–H and O–H groups in total. The highest BCUT2D eigenvalue weighted by Gasteiger charge is 2.25. The number of unbranched alkanes of at least 4 members (excludes halogenated alkanes) is 30. The largest absolute Gasteiger partial charge is 0.477 e. The van der Waals surface area contributed by atoms with Crippen molar-refractivity contribution in [3.63, 3.8) is 0 Å². The lowest BCUT2D eigenvalue weighted by atomic mass is 10.0. The van der Waals surface area contributed by atoms with E-state index in [1.54, 1.807) is 0 Å². The summed E-state index contributed by atoms with van der Waals surface area (Å²) < 4.78 is 22.8. The summed E-state index contributed by atoms with van der Waals surface area (Å²) in [5, 5.41) is 9.69. The highest BCUT2D eigenvalue weighted by atomic mass is 16.7. The predicted octanol–water partition coefficient (Wildman–Crippen LogP) is 16.7. The van der Waals surface area contributed by atoms with Gasteiger partial charge in [0.15, 0.2) is 6.10 Å². The summed E-state index contributed by atoms with van der Waals surface area (Å²) in [6.45, 7) is 4.84. The van der Waals surface area contributed by atoms with Gasteiger partial charge in [0.25, 0.3) is 6.29 Å². The fourth-order valence-corrected chi connectivity index (χ4v) is 8.07. The van der Waals surface area contributed by atoms with E-state index in [2.05, 4.69) is 62.5 Å². The molecule has 0 aromatic rings. The molecule has 0 aromatic heterocycles. The van der Waals surface area contributed by atoms with Gasteiger partial charge in [0.1, 0.15) is 13.2 Å². The highest BCUT2D eigenvalue weighted by Crippen LogP contribution is 2.16. The number of aliphatic carboxylic acids is 1. The number of ether oxygens (including phenoxy) is 4. The predicted molar refractivity (Wildman–Crippen MR) is 290 cm³/mol. The number of nitrogens with zero attached hydrogens (tertiary/aromatic N) is 1. The number of allylic oxidation sites excluding steroid dienone is 8. The summed E-state index contributed by atoms with van der Waals surface area (Å²) in [7, 11) is 5.96. The minimum atomic E-state index is -1.51. The molecule has 0 aliphatic carbocycles. The van der Waals surface area contributed by atoms with Crippen molar-refractivity contribution < 1.29 is 42.9 Å². The van der Waals surface area contributed by atoms with Crippen LogP contribution >= 0.6 is 0 Å². The lowest BCUT2D eigenvalue weighted by Gasteiger charge is -2.25. The van der Waals surface area contributed by atoms with E-state index >= 15 is 0 Å². The highest BCUT2D eigenvalue weighted by molar-refractivity contribution is 5.71. The second-order valence-electron chi connectivity index (χ2n) is 20.6. The maximum absolute atomic E-state index is 12.9. The van der Waals surface area contributed by atoms with Crippen LogP contribution in [0.3, 0.4) is 0 Å². The van der Waals surface area contributed by atoms with Crippen molar-refractivity contribution in [2.75, 3.05) is 47.5 Å². The van der Waals surface area contributed by atoms with E-state index in [9.17, 15) is 19.5 Å². The number of carboxylic acid groups (broad SMARTS) is 1. The summed E-state index contributed by atoms with van der Waals surface area (Å²) in [5.41, 5.74) is 0. The molecular weight excluding hydrogens is 863 g/mol. The zero-order chi connectivity index (χ0) is 50.6. The van der Waals surface area contributed by atoms with Crippen LogP contribution in [0.2, 0.25) is 0 Å². The lowest BCUT2D eigenvalue weighted by Crippen LogP contribution is -2.40. The smallest absolute Gasteiger partial charge is 0.361 e. The van der Waals surface area contributed by atoms with E-state index in [1.807, 2.05) is 21.1 Å². The normalized spacial score (nSPS) is 13.1. The third-order valence-corrected chi connectivity index (χ3v) is 12.6. The molecule has 402 valence electrons.